The molecule has 0 aliphatic carbocycles. The Morgan fingerprint density at radius 3 is 1.06 bits per heavy atom. The highest BCUT2D eigenvalue weighted by Gasteiger charge is 2.44. The summed E-state index contributed by atoms with van der Waals surface area (Å²) in [4.78, 5) is 13.1. The zero-order valence-electron chi connectivity index (χ0n) is 56.2. The Hall–Kier alpha value is -3.15. The molecule has 0 spiro atoms. The molecule has 7 atom stereocenters. The average Bonchev–Trinajstić information content (AvgIpc) is 3.47. The Morgan fingerprint density at radius 2 is 0.713 bits per heavy atom. The Bertz CT molecular complexity index is 1750. The van der Waals surface area contributed by atoms with Crippen molar-refractivity contribution in [2.75, 3.05) is 13.2 Å². The summed E-state index contributed by atoms with van der Waals surface area (Å²) in [5, 5.41) is 54.8. The average molecular weight is 1220 g/mol. The van der Waals surface area contributed by atoms with Gasteiger partial charge in [-0.05, 0) is 83.5 Å². The summed E-state index contributed by atoms with van der Waals surface area (Å²) in [7, 11) is 0. The predicted octanol–water partition coefficient (Wildman–Crippen LogP) is 20.4. The van der Waals surface area contributed by atoms with Crippen LogP contribution in [0.1, 0.15) is 322 Å². The molecule has 0 aromatic carbocycles. The molecule has 0 bridgehead atoms. The molecule has 1 amide bonds. The number of unbranched alkanes of at least 4 members (excludes halogenated alkanes) is 37. The van der Waals surface area contributed by atoms with Crippen LogP contribution < -0.4 is 5.32 Å². The van der Waals surface area contributed by atoms with E-state index in [2.05, 4.69) is 116 Å². The van der Waals surface area contributed by atoms with Crippen molar-refractivity contribution >= 4 is 5.91 Å². The van der Waals surface area contributed by atoms with Gasteiger partial charge in [-0.1, -0.05) is 342 Å². The molecule has 7 unspecified atom stereocenters. The highest BCUT2D eigenvalue weighted by Crippen LogP contribution is 2.23. The van der Waals surface area contributed by atoms with E-state index in [4.69, 9.17) is 9.47 Å². The minimum atomic E-state index is -1.57. The molecule has 502 valence electrons. The van der Waals surface area contributed by atoms with Gasteiger partial charge in [0.15, 0.2) is 6.29 Å². The van der Waals surface area contributed by atoms with Gasteiger partial charge in [0.2, 0.25) is 5.91 Å². The van der Waals surface area contributed by atoms with Crippen molar-refractivity contribution < 1.29 is 39.8 Å². The van der Waals surface area contributed by atoms with E-state index in [9.17, 15) is 30.3 Å². The summed E-state index contributed by atoms with van der Waals surface area (Å²) in [6.45, 7) is 3.70. The van der Waals surface area contributed by atoms with Crippen molar-refractivity contribution in [3.63, 3.8) is 0 Å². The number of allylic oxidation sites excluding steroid dienone is 17. The first-order valence-electron chi connectivity index (χ1n) is 36.6. The number of carbonyl (C=O) groups is 1. The van der Waals surface area contributed by atoms with Gasteiger partial charge in [-0.3, -0.25) is 4.79 Å². The molecule has 87 heavy (non-hydrogen) atoms. The lowest BCUT2D eigenvalue weighted by molar-refractivity contribution is -0.302. The van der Waals surface area contributed by atoms with E-state index in [1.807, 2.05) is 6.08 Å². The number of hydrogen-bond donors (Lipinski definition) is 6. The molecule has 6 N–H and O–H groups in total. The Morgan fingerprint density at radius 1 is 0.402 bits per heavy atom. The third-order valence-electron chi connectivity index (χ3n) is 16.9. The van der Waals surface area contributed by atoms with Gasteiger partial charge in [0.05, 0.1) is 25.4 Å². The molecular formula is C78H137NO8. The van der Waals surface area contributed by atoms with Crippen LogP contribution >= 0.6 is 0 Å². The molecule has 1 aliphatic heterocycles. The van der Waals surface area contributed by atoms with Crippen LogP contribution in [0.2, 0.25) is 0 Å². The van der Waals surface area contributed by atoms with Gasteiger partial charge in [-0.2, -0.15) is 0 Å². The van der Waals surface area contributed by atoms with E-state index in [-0.39, 0.29) is 12.5 Å². The molecule has 9 heteroatoms. The Balaban J connectivity index is 2.10. The fraction of sp³-hybridized carbons (Fsp3) is 0.756. The standard InChI is InChI=1S/C78H137NO8/c1-3-5-7-9-11-13-15-17-19-21-23-25-27-28-29-30-31-32-33-34-35-36-37-38-39-40-41-42-43-44-46-48-50-52-54-56-58-60-62-64-66-68-74(82)79-71(70-86-78-77(85)76(84)75(83)73(69-80)87-78)72(81)67-65-63-61-59-57-55-53-51-49-47-45-26-24-22-20-18-16-14-12-10-8-6-4-2/h5,7,11,13,17,19,23,25,28-29,31-32,34-35,37-38,65,67,71-73,75-78,80-81,83-85H,3-4,6,8-10,12,14-16,18,20-22,24,26-27,30,33,36,39-64,66,68-70H2,1-2H3,(H,79,82)/b7-5-,13-11-,19-17-,25-23-,29-28-,32-31-,35-34-,38-37-,67-65+. The van der Waals surface area contributed by atoms with Crippen LogP contribution in [-0.4, -0.2) is 87.5 Å². The first-order valence-corrected chi connectivity index (χ1v) is 36.6. The van der Waals surface area contributed by atoms with Crippen LogP contribution in [0.3, 0.4) is 0 Å². The third kappa shape index (κ3) is 54.3. The number of aliphatic hydroxyl groups is 5. The fourth-order valence-electron chi connectivity index (χ4n) is 11.2. The molecular weight excluding hydrogens is 1080 g/mol. The van der Waals surface area contributed by atoms with E-state index in [1.165, 1.54) is 212 Å². The van der Waals surface area contributed by atoms with E-state index in [1.54, 1.807) is 6.08 Å². The molecule has 1 saturated heterocycles. The van der Waals surface area contributed by atoms with Gasteiger partial charge in [-0.15, -0.1) is 0 Å². The van der Waals surface area contributed by atoms with Gasteiger partial charge in [-0.25, -0.2) is 0 Å². The van der Waals surface area contributed by atoms with Crippen LogP contribution in [0, 0.1) is 0 Å². The van der Waals surface area contributed by atoms with E-state index < -0.39 is 49.5 Å². The summed E-state index contributed by atoms with van der Waals surface area (Å²) < 4.78 is 11.3. The maximum Gasteiger partial charge on any atom is 0.220 e. The van der Waals surface area contributed by atoms with E-state index >= 15 is 0 Å². The first kappa shape index (κ1) is 81.9. The lowest BCUT2D eigenvalue weighted by Crippen LogP contribution is -2.60. The smallest absolute Gasteiger partial charge is 0.220 e. The SMILES string of the molecule is CC/C=C\C/C=C\C/C=C\C/C=C\C/C=C\C/C=C\C/C=C\C/C=C\CCCCCCCCCCCCCCCCCCC(=O)NC(COC1OC(CO)C(O)C(O)C1O)C(O)/C=C/CCCCCCCCCCCCCCCCCCCCCCC. The maximum absolute atomic E-state index is 13.1. The van der Waals surface area contributed by atoms with E-state index in [0.717, 1.165) is 89.9 Å². The molecule has 1 aliphatic rings. The second-order valence-corrected chi connectivity index (χ2v) is 25.0. The van der Waals surface area contributed by atoms with Crippen molar-refractivity contribution in [2.24, 2.45) is 0 Å². The minimum absolute atomic E-state index is 0.176. The zero-order chi connectivity index (χ0) is 62.8. The monoisotopic (exact) mass is 1220 g/mol. The van der Waals surface area contributed by atoms with Crippen LogP contribution in [0.25, 0.3) is 0 Å². The summed E-state index contributed by atoms with van der Waals surface area (Å²) in [5.74, 6) is -0.176. The molecule has 0 aromatic heterocycles. The van der Waals surface area contributed by atoms with Gasteiger partial charge in [0.25, 0.3) is 0 Å². The lowest BCUT2D eigenvalue weighted by Gasteiger charge is -2.40. The largest absolute Gasteiger partial charge is 0.394 e. The maximum atomic E-state index is 13.1. The lowest BCUT2D eigenvalue weighted by atomic mass is 9.99. The summed E-state index contributed by atoms with van der Waals surface area (Å²) in [6.07, 6.45) is 90.5. The normalized spacial score (nSPS) is 18.6. The van der Waals surface area contributed by atoms with Gasteiger partial charge in [0.1, 0.15) is 24.4 Å². The molecule has 1 heterocycles. The van der Waals surface area contributed by atoms with Crippen LogP contribution in [0.15, 0.2) is 109 Å². The zero-order valence-corrected chi connectivity index (χ0v) is 56.2. The quantitative estimate of drug-likeness (QED) is 0.0261. The minimum Gasteiger partial charge on any atom is -0.394 e. The van der Waals surface area contributed by atoms with Crippen molar-refractivity contribution in [1.29, 1.82) is 0 Å². The second-order valence-electron chi connectivity index (χ2n) is 25.0. The summed E-state index contributed by atoms with van der Waals surface area (Å²) in [5.41, 5.74) is 0. The van der Waals surface area contributed by atoms with Gasteiger partial charge < -0.3 is 40.3 Å². The van der Waals surface area contributed by atoms with Crippen molar-refractivity contribution in [1.82, 2.24) is 5.32 Å². The first-order chi connectivity index (χ1) is 42.8. The van der Waals surface area contributed by atoms with Gasteiger partial charge >= 0.3 is 0 Å². The third-order valence-corrected chi connectivity index (χ3v) is 16.9. The number of ether oxygens (including phenoxy) is 2. The topological polar surface area (TPSA) is 149 Å². The number of carbonyl (C=O) groups excluding carboxylic acids is 1. The highest BCUT2D eigenvalue weighted by molar-refractivity contribution is 5.76. The van der Waals surface area contributed by atoms with Crippen LogP contribution in [-0.2, 0) is 14.3 Å². The summed E-state index contributed by atoms with van der Waals surface area (Å²) in [6, 6.07) is -0.811. The van der Waals surface area contributed by atoms with Crippen molar-refractivity contribution in [2.45, 2.75) is 365 Å². The molecule has 9 nitrogen and oxygen atoms in total. The summed E-state index contributed by atoms with van der Waals surface area (Å²) >= 11 is 0. The Kier molecular flexibility index (Phi) is 61.9. The number of aliphatic hydroxyl groups excluding tert-OH is 5. The number of amides is 1. The number of rotatable bonds is 63. The molecule has 0 aromatic rings. The fourth-order valence-corrected chi connectivity index (χ4v) is 11.2. The van der Waals surface area contributed by atoms with Crippen LogP contribution in [0.5, 0.6) is 0 Å². The Labute approximate surface area is 536 Å². The number of nitrogens with one attached hydrogen (secondary N) is 1. The predicted molar refractivity (Wildman–Crippen MR) is 373 cm³/mol. The van der Waals surface area contributed by atoms with Gasteiger partial charge in [0, 0.05) is 6.42 Å². The van der Waals surface area contributed by atoms with Crippen LogP contribution in [0.4, 0.5) is 0 Å². The number of hydrogen-bond acceptors (Lipinski definition) is 8. The van der Waals surface area contributed by atoms with Crippen molar-refractivity contribution in [3.05, 3.63) is 109 Å². The molecule has 0 radical (unpaired) electrons. The van der Waals surface area contributed by atoms with E-state index in [0.29, 0.717) is 6.42 Å². The molecule has 1 rings (SSSR count). The molecule has 1 fully saturated rings. The molecule has 0 saturated carbocycles. The highest BCUT2D eigenvalue weighted by atomic mass is 16.7. The second kappa shape index (κ2) is 65.8. The van der Waals surface area contributed by atoms with Crippen molar-refractivity contribution in [3.8, 4) is 0 Å².